The third-order valence-electron chi connectivity index (χ3n) is 5.48. The maximum absolute atomic E-state index is 13.1. The summed E-state index contributed by atoms with van der Waals surface area (Å²) < 4.78 is 67.0. The molecule has 1 aliphatic heterocycles. The molecule has 29 heavy (non-hydrogen) atoms. The number of aryl methyl sites for hydroxylation is 2. The minimum Gasteiger partial charge on any atom is -0.355 e. The van der Waals surface area contributed by atoms with Gasteiger partial charge in [0.25, 0.3) is 0 Å². The van der Waals surface area contributed by atoms with Gasteiger partial charge in [0, 0.05) is 25.3 Å². The minimum atomic E-state index is -4.43. The average Bonchev–Trinajstić information content (AvgIpc) is 3.07. The highest BCUT2D eigenvalue weighted by Gasteiger charge is 2.33. The van der Waals surface area contributed by atoms with Crippen LogP contribution in [0.4, 0.5) is 19.0 Å². The fourth-order valence-electron chi connectivity index (χ4n) is 3.67. The fourth-order valence-corrected chi connectivity index (χ4v) is 5.54. The predicted molar refractivity (Wildman–Crippen MR) is 106 cm³/mol. The Labute approximate surface area is 169 Å². The summed E-state index contributed by atoms with van der Waals surface area (Å²) in [6.45, 7) is 8.21. The molecule has 158 valence electrons. The molecule has 2 aromatic rings. The van der Waals surface area contributed by atoms with E-state index in [9.17, 15) is 21.6 Å². The second kappa shape index (κ2) is 7.60. The first kappa shape index (κ1) is 21.6. The van der Waals surface area contributed by atoms with Crippen LogP contribution in [0.3, 0.4) is 0 Å². The molecule has 0 saturated carbocycles. The summed E-state index contributed by atoms with van der Waals surface area (Å²) in [6, 6.07) is 3.93. The lowest BCUT2D eigenvalue weighted by Crippen LogP contribution is -2.38. The van der Waals surface area contributed by atoms with Crippen LogP contribution in [0.2, 0.25) is 0 Å². The number of hydrogen-bond donors (Lipinski definition) is 1. The zero-order valence-corrected chi connectivity index (χ0v) is 17.6. The van der Waals surface area contributed by atoms with Gasteiger partial charge in [0.15, 0.2) is 0 Å². The number of halogens is 3. The van der Waals surface area contributed by atoms with Crippen LogP contribution in [0.1, 0.15) is 34.2 Å². The van der Waals surface area contributed by atoms with Crippen LogP contribution in [-0.4, -0.2) is 32.5 Å². The van der Waals surface area contributed by atoms with Gasteiger partial charge >= 0.3 is 6.18 Å². The highest BCUT2D eigenvalue weighted by Crippen LogP contribution is 2.30. The Balaban J connectivity index is 1.76. The van der Waals surface area contributed by atoms with E-state index in [0.717, 1.165) is 34.5 Å². The highest BCUT2D eigenvalue weighted by atomic mass is 32.2. The molecular weight excluding hydrogens is 403 g/mol. The van der Waals surface area contributed by atoms with Gasteiger partial charge in [0.05, 0.1) is 10.5 Å². The maximum atomic E-state index is 13.1. The molecule has 9 heteroatoms. The second-order valence-electron chi connectivity index (χ2n) is 7.55. The second-order valence-corrected chi connectivity index (χ2v) is 9.20. The topological polar surface area (TPSA) is 62.3 Å². The molecule has 0 bridgehead atoms. The number of nitrogens with zero attached hydrogens (tertiary/aromatic N) is 2. The van der Waals surface area contributed by atoms with E-state index in [1.165, 1.54) is 6.07 Å². The number of nitrogens with one attached hydrogen (secondary N) is 1. The van der Waals surface area contributed by atoms with E-state index < -0.39 is 21.8 Å². The van der Waals surface area contributed by atoms with E-state index in [0.29, 0.717) is 30.2 Å². The van der Waals surface area contributed by atoms with Gasteiger partial charge in [-0.05, 0) is 68.5 Å². The Morgan fingerprint density at radius 1 is 1.10 bits per heavy atom. The smallest absolute Gasteiger partial charge is 0.355 e. The summed E-state index contributed by atoms with van der Waals surface area (Å²) in [5, 5.41) is 0. The average molecular weight is 427 g/mol. The third-order valence-corrected chi connectivity index (χ3v) is 7.27. The number of hydrogen-bond acceptors (Lipinski definition) is 4. The fraction of sp³-hybridized carbons (Fsp3) is 0.450. The first-order valence-electron chi connectivity index (χ1n) is 9.28. The van der Waals surface area contributed by atoms with Crippen molar-refractivity contribution in [1.29, 1.82) is 0 Å². The van der Waals surface area contributed by atoms with E-state index in [4.69, 9.17) is 0 Å². The highest BCUT2D eigenvalue weighted by molar-refractivity contribution is 7.89. The summed E-state index contributed by atoms with van der Waals surface area (Å²) in [5.41, 5.74) is 2.46. The Hall–Kier alpha value is -2.13. The van der Waals surface area contributed by atoms with Crippen LogP contribution in [0, 0.1) is 27.7 Å². The number of sulfonamides is 1. The van der Waals surface area contributed by atoms with E-state index in [-0.39, 0.29) is 6.04 Å². The lowest BCUT2D eigenvalue weighted by Gasteiger charge is -2.20. The van der Waals surface area contributed by atoms with Crippen molar-refractivity contribution in [1.82, 2.24) is 9.71 Å². The normalized spacial score (nSPS) is 17.8. The van der Waals surface area contributed by atoms with Crippen LogP contribution in [0.15, 0.2) is 29.3 Å². The molecule has 1 saturated heterocycles. The standard InChI is InChI=1S/C20H24F3N3O2S/c1-12-9-13(2)15(4)19(14(12)3)29(27,28)25-17-7-8-26(11-17)18-6-5-16(10-24-18)20(21,22)23/h5-6,9-10,17,25H,7-8,11H2,1-4H3. The Morgan fingerprint density at radius 2 is 1.72 bits per heavy atom. The number of pyridine rings is 1. The largest absolute Gasteiger partial charge is 0.417 e. The monoisotopic (exact) mass is 427 g/mol. The number of rotatable bonds is 4. The van der Waals surface area contributed by atoms with E-state index in [2.05, 4.69) is 9.71 Å². The van der Waals surface area contributed by atoms with E-state index >= 15 is 0 Å². The number of benzene rings is 1. The molecule has 1 aromatic heterocycles. The lowest BCUT2D eigenvalue weighted by molar-refractivity contribution is -0.137. The zero-order chi connectivity index (χ0) is 21.6. The molecule has 2 heterocycles. The molecule has 1 aliphatic rings. The van der Waals surface area contributed by atoms with Crippen molar-refractivity contribution in [3.05, 3.63) is 52.2 Å². The van der Waals surface area contributed by atoms with E-state index in [1.807, 2.05) is 19.9 Å². The molecule has 0 amide bonds. The van der Waals surface area contributed by atoms with Crippen LogP contribution >= 0.6 is 0 Å². The van der Waals surface area contributed by atoms with Crippen molar-refractivity contribution in [2.75, 3.05) is 18.0 Å². The molecule has 0 aliphatic carbocycles. The molecule has 1 aromatic carbocycles. The van der Waals surface area contributed by atoms with Crippen molar-refractivity contribution in [2.45, 2.75) is 51.2 Å². The first-order chi connectivity index (χ1) is 13.4. The van der Waals surface area contributed by atoms with Gasteiger partial charge in [0.2, 0.25) is 10.0 Å². The van der Waals surface area contributed by atoms with Gasteiger partial charge in [-0.15, -0.1) is 0 Å². The Bertz CT molecular complexity index is 992. The molecule has 1 N–H and O–H groups in total. The SMILES string of the molecule is Cc1cc(C)c(C)c(S(=O)(=O)NC2CCN(c3ccc(C(F)(F)F)cn3)C2)c1C. The number of anilines is 1. The lowest BCUT2D eigenvalue weighted by atomic mass is 10.0. The van der Waals surface area contributed by atoms with Gasteiger partial charge < -0.3 is 4.90 Å². The third kappa shape index (κ3) is 4.40. The number of aromatic nitrogens is 1. The summed E-state index contributed by atoms with van der Waals surface area (Å²) in [5.74, 6) is 0.401. The van der Waals surface area contributed by atoms with Crippen molar-refractivity contribution < 1.29 is 21.6 Å². The molecule has 3 rings (SSSR count). The zero-order valence-electron chi connectivity index (χ0n) is 16.8. The van der Waals surface area contributed by atoms with Gasteiger partial charge in [-0.2, -0.15) is 13.2 Å². The Kier molecular flexibility index (Phi) is 5.66. The first-order valence-corrected chi connectivity index (χ1v) is 10.8. The van der Waals surface area contributed by atoms with Crippen LogP contribution in [0.25, 0.3) is 0 Å². The molecular formula is C20H24F3N3O2S. The van der Waals surface area contributed by atoms with Gasteiger partial charge in [-0.3, -0.25) is 0 Å². The summed E-state index contributed by atoms with van der Waals surface area (Å²) >= 11 is 0. The molecule has 0 radical (unpaired) electrons. The van der Waals surface area contributed by atoms with Crippen LogP contribution in [0.5, 0.6) is 0 Å². The molecule has 1 unspecified atom stereocenters. The molecule has 1 fully saturated rings. The van der Waals surface area contributed by atoms with Crippen molar-refractivity contribution in [3.8, 4) is 0 Å². The van der Waals surface area contributed by atoms with Crippen molar-refractivity contribution in [3.63, 3.8) is 0 Å². The molecule has 1 atom stereocenters. The van der Waals surface area contributed by atoms with Crippen molar-refractivity contribution in [2.24, 2.45) is 0 Å². The Morgan fingerprint density at radius 3 is 2.24 bits per heavy atom. The molecule has 5 nitrogen and oxygen atoms in total. The summed E-state index contributed by atoms with van der Waals surface area (Å²) in [4.78, 5) is 5.99. The predicted octanol–water partition coefficient (Wildman–Crippen LogP) is 3.89. The quantitative estimate of drug-likeness (QED) is 0.804. The van der Waals surface area contributed by atoms with Gasteiger partial charge in [0.1, 0.15) is 5.82 Å². The maximum Gasteiger partial charge on any atom is 0.417 e. The van der Waals surface area contributed by atoms with E-state index in [1.54, 1.807) is 18.7 Å². The summed E-state index contributed by atoms with van der Waals surface area (Å²) in [6.07, 6.45) is -3.09. The van der Waals surface area contributed by atoms with Crippen LogP contribution < -0.4 is 9.62 Å². The summed E-state index contributed by atoms with van der Waals surface area (Å²) in [7, 11) is -3.73. The van der Waals surface area contributed by atoms with Crippen molar-refractivity contribution >= 4 is 15.8 Å². The number of alkyl halides is 3. The van der Waals surface area contributed by atoms with Gasteiger partial charge in [-0.1, -0.05) is 6.07 Å². The molecule has 0 spiro atoms. The van der Waals surface area contributed by atoms with Gasteiger partial charge in [-0.25, -0.2) is 18.1 Å². The minimum absolute atomic E-state index is 0.307. The van der Waals surface area contributed by atoms with Crippen LogP contribution in [-0.2, 0) is 16.2 Å².